The second-order valence-electron chi connectivity index (χ2n) is 5.62. The number of methoxy groups -OCH3 is 1. The molecule has 2 aromatic carbocycles. The van der Waals surface area contributed by atoms with Crippen LogP contribution in [0, 0.1) is 0 Å². The second-order valence-corrected chi connectivity index (χ2v) is 5.62. The molecular formula is C18H22NO2+. The minimum absolute atomic E-state index is 0.219. The lowest BCUT2D eigenvalue weighted by molar-refractivity contribution is -0.952. The molecule has 3 nitrogen and oxygen atoms in total. The molecular weight excluding hydrogens is 262 g/mol. The zero-order valence-electron chi connectivity index (χ0n) is 12.4. The number of hydrogen-bond donors (Lipinski definition) is 2. The highest BCUT2D eigenvalue weighted by atomic mass is 16.5. The molecule has 0 fully saturated rings. The topological polar surface area (TPSA) is 33.9 Å². The molecule has 2 N–H and O–H groups in total. The van der Waals surface area contributed by atoms with Crippen LogP contribution < -0.4 is 9.64 Å². The summed E-state index contributed by atoms with van der Waals surface area (Å²) in [5.41, 5.74) is 4.14. The maximum atomic E-state index is 9.44. The van der Waals surface area contributed by atoms with Crippen LogP contribution in [-0.4, -0.2) is 18.8 Å². The smallest absolute Gasteiger partial charge is 0.118 e. The first-order valence-electron chi connectivity index (χ1n) is 7.48. The first-order chi connectivity index (χ1) is 10.3. The van der Waals surface area contributed by atoms with E-state index >= 15 is 0 Å². The van der Waals surface area contributed by atoms with Gasteiger partial charge in [0.25, 0.3) is 0 Å². The van der Waals surface area contributed by atoms with Crippen molar-refractivity contribution in [3.05, 3.63) is 65.2 Å². The van der Waals surface area contributed by atoms with Gasteiger partial charge in [0.1, 0.15) is 24.9 Å². The average Bonchev–Trinajstić information content (AvgIpc) is 2.96. The van der Waals surface area contributed by atoms with Crippen molar-refractivity contribution in [1.82, 2.24) is 0 Å². The Balaban J connectivity index is 1.82. The van der Waals surface area contributed by atoms with Crippen molar-refractivity contribution in [2.24, 2.45) is 0 Å². The molecule has 0 aromatic heterocycles. The molecule has 0 spiro atoms. The van der Waals surface area contributed by atoms with Crippen molar-refractivity contribution in [1.29, 1.82) is 0 Å². The number of aliphatic hydroxyl groups excluding tert-OH is 1. The summed E-state index contributed by atoms with van der Waals surface area (Å²) in [5, 5.41) is 9.44. The lowest BCUT2D eigenvalue weighted by atomic mass is 10.0. The molecule has 21 heavy (non-hydrogen) atoms. The van der Waals surface area contributed by atoms with E-state index in [0.717, 1.165) is 25.3 Å². The Kier molecular flexibility index (Phi) is 4.23. The van der Waals surface area contributed by atoms with Crippen molar-refractivity contribution in [2.75, 3.05) is 13.7 Å². The molecule has 1 aliphatic heterocycles. The summed E-state index contributed by atoms with van der Waals surface area (Å²) in [6.07, 6.45) is 0.787. The average molecular weight is 284 g/mol. The third-order valence-electron chi connectivity index (χ3n) is 4.38. The fourth-order valence-electron chi connectivity index (χ4n) is 3.27. The van der Waals surface area contributed by atoms with Crippen molar-refractivity contribution in [3.63, 3.8) is 0 Å². The van der Waals surface area contributed by atoms with Gasteiger partial charge in [-0.15, -0.1) is 0 Å². The maximum absolute atomic E-state index is 9.44. The van der Waals surface area contributed by atoms with Crippen LogP contribution >= 0.6 is 0 Å². The molecule has 1 heterocycles. The normalized spacial score (nSPS) is 15.7. The fraction of sp³-hybridized carbons (Fsp3) is 0.333. The first-order valence-corrected chi connectivity index (χ1v) is 7.48. The minimum atomic E-state index is 0.219. The van der Waals surface area contributed by atoms with Crippen molar-refractivity contribution in [3.8, 4) is 5.75 Å². The summed E-state index contributed by atoms with van der Waals surface area (Å²) in [4.78, 5) is 1.51. The van der Waals surface area contributed by atoms with Crippen molar-refractivity contribution >= 4 is 0 Å². The SMILES string of the molecule is COc1ccc([C@H](CCO)[NH+]2Cc3ccccc3C2)cc1. The molecule has 110 valence electrons. The number of ether oxygens (including phenoxy) is 1. The van der Waals surface area contributed by atoms with Gasteiger partial charge in [-0.1, -0.05) is 24.3 Å². The summed E-state index contributed by atoms with van der Waals surface area (Å²) in [6.45, 7) is 2.29. The van der Waals surface area contributed by atoms with Crippen LogP contribution in [-0.2, 0) is 13.1 Å². The number of benzene rings is 2. The lowest BCUT2D eigenvalue weighted by Crippen LogP contribution is -3.08. The van der Waals surface area contributed by atoms with Crippen LogP contribution in [0.4, 0.5) is 0 Å². The van der Waals surface area contributed by atoms with E-state index in [-0.39, 0.29) is 6.61 Å². The van der Waals surface area contributed by atoms with Crippen LogP contribution in [0.15, 0.2) is 48.5 Å². The van der Waals surface area contributed by atoms with Crippen LogP contribution in [0.2, 0.25) is 0 Å². The molecule has 0 amide bonds. The van der Waals surface area contributed by atoms with Crippen LogP contribution in [0.3, 0.4) is 0 Å². The van der Waals surface area contributed by atoms with E-state index in [1.54, 1.807) is 7.11 Å². The van der Waals surface area contributed by atoms with Gasteiger partial charge in [0, 0.05) is 29.7 Å². The number of rotatable bonds is 5. The fourth-order valence-corrected chi connectivity index (χ4v) is 3.27. The molecule has 0 radical (unpaired) electrons. The highest BCUT2D eigenvalue weighted by molar-refractivity contribution is 5.30. The van der Waals surface area contributed by atoms with Gasteiger partial charge >= 0.3 is 0 Å². The van der Waals surface area contributed by atoms with Crippen molar-refractivity contribution < 1.29 is 14.7 Å². The Bertz CT molecular complexity index is 569. The molecule has 0 unspecified atom stereocenters. The summed E-state index contributed by atoms with van der Waals surface area (Å²) in [7, 11) is 1.68. The maximum Gasteiger partial charge on any atom is 0.118 e. The molecule has 1 aliphatic rings. The third-order valence-corrected chi connectivity index (χ3v) is 4.38. The minimum Gasteiger partial charge on any atom is -0.497 e. The molecule has 3 heteroatoms. The number of quaternary nitrogens is 1. The Morgan fingerprint density at radius 2 is 1.67 bits per heavy atom. The largest absolute Gasteiger partial charge is 0.497 e. The second kappa shape index (κ2) is 6.29. The van der Waals surface area contributed by atoms with Gasteiger partial charge in [0.2, 0.25) is 0 Å². The van der Waals surface area contributed by atoms with E-state index in [2.05, 4.69) is 36.4 Å². The predicted molar refractivity (Wildman–Crippen MR) is 82.3 cm³/mol. The highest BCUT2D eigenvalue weighted by Crippen LogP contribution is 2.21. The zero-order chi connectivity index (χ0) is 14.7. The number of aliphatic hydroxyl groups is 1. The van der Waals surface area contributed by atoms with Crippen LogP contribution in [0.25, 0.3) is 0 Å². The zero-order valence-corrected chi connectivity index (χ0v) is 12.4. The van der Waals surface area contributed by atoms with E-state index in [1.807, 2.05) is 12.1 Å². The van der Waals surface area contributed by atoms with Gasteiger partial charge in [0.15, 0.2) is 0 Å². The lowest BCUT2D eigenvalue weighted by Gasteiger charge is -2.24. The van der Waals surface area contributed by atoms with Crippen LogP contribution in [0.5, 0.6) is 5.75 Å². The molecule has 0 saturated heterocycles. The monoisotopic (exact) mass is 284 g/mol. The highest BCUT2D eigenvalue weighted by Gasteiger charge is 2.30. The summed E-state index contributed by atoms with van der Waals surface area (Å²) in [6, 6.07) is 17.2. The summed E-state index contributed by atoms with van der Waals surface area (Å²) in [5.74, 6) is 0.876. The summed E-state index contributed by atoms with van der Waals surface area (Å²) >= 11 is 0. The van der Waals surface area contributed by atoms with Crippen LogP contribution in [0.1, 0.15) is 29.2 Å². The van der Waals surface area contributed by atoms with Gasteiger partial charge in [-0.05, 0) is 24.3 Å². The van der Waals surface area contributed by atoms with Crippen molar-refractivity contribution in [2.45, 2.75) is 25.6 Å². The molecule has 0 saturated carbocycles. The van der Waals surface area contributed by atoms with Gasteiger partial charge < -0.3 is 14.7 Å². The van der Waals surface area contributed by atoms with Gasteiger partial charge in [-0.3, -0.25) is 0 Å². The van der Waals surface area contributed by atoms with E-state index < -0.39 is 0 Å². The Hall–Kier alpha value is -1.84. The van der Waals surface area contributed by atoms with E-state index in [1.165, 1.54) is 21.6 Å². The molecule has 0 bridgehead atoms. The van der Waals surface area contributed by atoms with Gasteiger partial charge in [0.05, 0.1) is 7.11 Å². The Morgan fingerprint density at radius 1 is 1.05 bits per heavy atom. The van der Waals surface area contributed by atoms with E-state index in [9.17, 15) is 5.11 Å². The number of fused-ring (bicyclic) bond motifs is 1. The third kappa shape index (κ3) is 2.94. The molecule has 3 rings (SSSR count). The molecule has 1 atom stereocenters. The predicted octanol–water partition coefficient (Wildman–Crippen LogP) is 1.72. The molecule has 0 aliphatic carbocycles. The Morgan fingerprint density at radius 3 is 2.19 bits per heavy atom. The van der Waals surface area contributed by atoms with Gasteiger partial charge in [-0.25, -0.2) is 0 Å². The van der Waals surface area contributed by atoms with E-state index in [4.69, 9.17) is 4.74 Å². The first kappa shape index (κ1) is 14.1. The number of hydrogen-bond acceptors (Lipinski definition) is 2. The van der Waals surface area contributed by atoms with E-state index in [0.29, 0.717) is 6.04 Å². The summed E-state index contributed by atoms with van der Waals surface area (Å²) < 4.78 is 5.23. The standard InChI is InChI=1S/C18H21NO2/c1-21-17-8-6-14(7-9-17)18(10-11-20)19-12-15-4-2-3-5-16(15)13-19/h2-9,18,20H,10-13H2,1H3/p+1/t18-/m0/s1. The number of nitrogens with one attached hydrogen (secondary N) is 1. The molecule has 2 aromatic rings. The van der Waals surface area contributed by atoms with Gasteiger partial charge in [-0.2, -0.15) is 0 Å². The quantitative estimate of drug-likeness (QED) is 0.876. The Labute approximate surface area is 125 Å².